The van der Waals surface area contributed by atoms with Crippen molar-refractivity contribution in [2.75, 3.05) is 12.3 Å². The van der Waals surface area contributed by atoms with Crippen LogP contribution in [0.4, 0.5) is 0 Å². The predicted molar refractivity (Wildman–Crippen MR) is 98.9 cm³/mol. The molecule has 0 spiro atoms. The van der Waals surface area contributed by atoms with Crippen LogP contribution in [0.3, 0.4) is 0 Å². The second-order valence-electron chi connectivity index (χ2n) is 6.23. The number of hydrogen-bond donors (Lipinski definition) is 1. The summed E-state index contributed by atoms with van der Waals surface area (Å²) in [6.07, 6.45) is 18.2. The third-order valence-electron chi connectivity index (χ3n) is 3.85. The molecule has 142 valence electrons. The van der Waals surface area contributed by atoms with Crippen molar-refractivity contribution < 1.29 is 47.6 Å². The van der Waals surface area contributed by atoms with E-state index in [1.54, 1.807) is 6.08 Å². The molecule has 0 aliphatic heterocycles. The third-order valence-corrected chi connectivity index (χ3v) is 4.55. The molecule has 0 radical (unpaired) electrons. The fourth-order valence-corrected chi connectivity index (χ4v) is 2.76. The van der Waals surface area contributed by atoms with E-state index in [0.29, 0.717) is 0 Å². The molecule has 0 bridgehead atoms. The fraction of sp³-hybridized carbons (Fsp3) is 0.833. The van der Waals surface area contributed by atoms with Gasteiger partial charge in [0.05, 0.1) is 12.3 Å². The molecule has 0 heterocycles. The molecule has 0 saturated heterocycles. The Morgan fingerprint density at radius 3 is 1.92 bits per heavy atom. The SMILES string of the molecule is CCCCCCCCCCCCC/C=C/C([O-])=NCCS(=O)(=O)O.[Na+]. The zero-order valence-corrected chi connectivity index (χ0v) is 18.9. The minimum absolute atomic E-state index is 0. The van der Waals surface area contributed by atoms with Crippen LogP contribution in [-0.4, -0.2) is 31.2 Å². The molecule has 0 aliphatic carbocycles. The summed E-state index contributed by atoms with van der Waals surface area (Å²) >= 11 is 0. The molecular weight excluding hydrogens is 349 g/mol. The molecule has 0 rings (SSSR count). The van der Waals surface area contributed by atoms with Gasteiger partial charge in [-0.3, -0.25) is 9.55 Å². The second-order valence-corrected chi connectivity index (χ2v) is 7.80. The van der Waals surface area contributed by atoms with E-state index in [2.05, 4.69) is 11.9 Å². The molecule has 0 amide bonds. The molecule has 0 aromatic heterocycles. The largest absolute Gasteiger partial charge is 1.00 e. The topological polar surface area (TPSA) is 89.8 Å². The van der Waals surface area contributed by atoms with Crippen LogP contribution in [0, 0.1) is 0 Å². The standard InChI is InChI=1S/C18H35NO4S.Na/c1-2-3-4-5-6-7-8-9-10-11-12-13-14-15-18(20)19-16-17-24(21,22)23;/h14-15H,2-13,16-17H2,1H3,(H,19,20)(H,21,22,23);/q;+1/p-1/b15-14+;. The number of aliphatic imine (C=N–C) groups is 1. The van der Waals surface area contributed by atoms with Gasteiger partial charge in [0, 0.05) is 0 Å². The van der Waals surface area contributed by atoms with Gasteiger partial charge in [-0.25, -0.2) is 0 Å². The van der Waals surface area contributed by atoms with Crippen molar-refractivity contribution in [2.45, 2.75) is 84.0 Å². The Labute approximate surface area is 176 Å². The second kappa shape index (κ2) is 18.9. The summed E-state index contributed by atoms with van der Waals surface area (Å²) in [5.41, 5.74) is 0. The molecule has 0 aromatic rings. The van der Waals surface area contributed by atoms with Gasteiger partial charge < -0.3 is 5.11 Å². The first-order chi connectivity index (χ1) is 11.5. The van der Waals surface area contributed by atoms with Crippen LogP contribution in [0.5, 0.6) is 0 Å². The van der Waals surface area contributed by atoms with Crippen molar-refractivity contribution in [3.8, 4) is 0 Å². The van der Waals surface area contributed by atoms with Crippen LogP contribution in [0.2, 0.25) is 0 Å². The van der Waals surface area contributed by atoms with Crippen LogP contribution < -0.4 is 34.7 Å². The predicted octanol–water partition coefficient (Wildman–Crippen LogP) is 0.894. The Hall–Kier alpha value is 0.120. The Morgan fingerprint density at radius 2 is 1.44 bits per heavy atom. The minimum Gasteiger partial charge on any atom is -0.859 e. The first-order valence-corrected chi connectivity index (χ1v) is 10.9. The van der Waals surface area contributed by atoms with Gasteiger partial charge >= 0.3 is 29.6 Å². The molecule has 0 aromatic carbocycles. The molecule has 0 saturated carbocycles. The number of unbranched alkanes of at least 4 members (excludes halogenated alkanes) is 11. The fourth-order valence-electron chi connectivity index (χ4n) is 2.43. The quantitative estimate of drug-likeness (QED) is 0.141. The smallest absolute Gasteiger partial charge is 0.859 e. The van der Waals surface area contributed by atoms with Crippen molar-refractivity contribution >= 4 is 16.0 Å². The number of hydrogen-bond acceptors (Lipinski definition) is 4. The van der Waals surface area contributed by atoms with E-state index < -0.39 is 21.8 Å². The van der Waals surface area contributed by atoms with Crippen molar-refractivity contribution in [3.05, 3.63) is 12.2 Å². The molecule has 1 N–H and O–H groups in total. The van der Waals surface area contributed by atoms with Crippen molar-refractivity contribution in [3.63, 3.8) is 0 Å². The van der Waals surface area contributed by atoms with Gasteiger partial charge in [-0.15, -0.1) is 0 Å². The normalized spacial score (nSPS) is 12.5. The van der Waals surface area contributed by atoms with Gasteiger partial charge in [0.25, 0.3) is 10.1 Å². The first kappa shape index (κ1) is 27.3. The Kier molecular flexibility index (Phi) is 20.7. The van der Waals surface area contributed by atoms with Crippen molar-refractivity contribution in [1.82, 2.24) is 0 Å². The molecule has 0 unspecified atom stereocenters. The molecule has 25 heavy (non-hydrogen) atoms. The van der Waals surface area contributed by atoms with Crippen LogP contribution >= 0.6 is 0 Å². The summed E-state index contributed by atoms with van der Waals surface area (Å²) in [5.74, 6) is -0.952. The van der Waals surface area contributed by atoms with Crippen LogP contribution in [0.1, 0.15) is 84.0 Å². The number of nitrogens with zero attached hydrogens (tertiary/aromatic N) is 1. The summed E-state index contributed by atoms with van der Waals surface area (Å²) in [7, 11) is -4.04. The maximum atomic E-state index is 11.3. The Balaban J connectivity index is 0. The Bertz CT molecular complexity index is 450. The van der Waals surface area contributed by atoms with Crippen molar-refractivity contribution in [1.29, 1.82) is 0 Å². The van der Waals surface area contributed by atoms with Gasteiger partial charge in [-0.05, 0) is 18.7 Å². The molecule has 0 aliphatic rings. The number of rotatable bonds is 16. The van der Waals surface area contributed by atoms with Gasteiger partial charge in [-0.1, -0.05) is 83.3 Å². The van der Waals surface area contributed by atoms with E-state index in [1.807, 2.05) is 0 Å². The van der Waals surface area contributed by atoms with Crippen molar-refractivity contribution in [2.24, 2.45) is 4.99 Å². The summed E-state index contributed by atoms with van der Waals surface area (Å²) in [4.78, 5) is 3.54. The summed E-state index contributed by atoms with van der Waals surface area (Å²) in [6, 6.07) is 0. The monoisotopic (exact) mass is 383 g/mol. The van der Waals surface area contributed by atoms with Crippen LogP contribution in [0.15, 0.2) is 17.1 Å². The molecule has 0 fully saturated rings. The first-order valence-electron chi connectivity index (χ1n) is 9.29. The number of allylic oxidation sites excluding steroid dienone is 1. The molecule has 0 atom stereocenters. The average molecular weight is 384 g/mol. The van der Waals surface area contributed by atoms with Crippen LogP contribution in [-0.2, 0) is 10.1 Å². The zero-order valence-electron chi connectivity index (χ0n) is 16.1. The minimum atomic E-state index is -4.04. The zero-order chi connectivity index (χ0) is 18.1. The van der Waals surface area contributed by atoms with E-state index in [0.717, 1.165) is 12.8 Å². The average Bonchev–Trinajstić information content (AvgIpc) is 2.50. The van der Waals surface area contributed by atoms with Gasteiger partial charge in [0.15, 0.2) is 0 Å². The molecule has 5 nitrogen and oxygen atoms in total. The van der Waals surface area contributed by atoms with E-state index in [1.165, 1.54) is 70.3 Å². The van der Waals surface area contributed by atoms with Gasteiger partial charge in [-0.2, -0.15) is 8.42 Å². The maximum absolute atomic E-state index is 11.3. The van der Waals surface area contributed by atoms with Gasteiger partial charge in [0.2, 0.25) is 0 Å². The van der Waals surface area contributed by atoms with E-state index in [4.69, 9.17) is 4.55 Å². The summed E-state index contributed by atoms with van der Waals surface area (Å²) in [5, 5.41) is 11.3. The maximum Gasteiger partial charge on any atom is 1.00 e. The molecule has 7 heteroatoms. The van der Waals surface area contributed by atoms with E-state index in [-0.39, 0.29) is 36.1 Å². The summed E-state index contributed by atoms with van der Waals surface area (Å²) < 4.78 is 29.4. The summed E-state index contributed by atoms with van der Waals surface area (Å²) in [6.45, 7) is 2.05. The Morgan fingerprint density at radius 1 is 0.960 bits per heavy atom. The van der Waals surface area contributed by atoms with E-state index >= 15 is 0 Å². The van der Waals surface area contributed by atoms with E-state index in [9.17, 15) is 13.5 Å². The van der Waals surface area contributed by atoms with Gasteiger partial charge in [0.1, 0.15) is 0 Å². The van der Waals surface area contributed by atoms with Crippen LogP contribution in [0.25, 0.3) is 0 Å². The third kappa shape index (κ3) is 24.1. The molecular formula is C18H34NNaO4S.